The van der Waals surface area contributed by atoms with Crippen LogP contribution < -0.4 is 5.32 Å². The maximum absolute atomic E-state index is 12.0. The second-order valence-electron chi connectivity index (χ2n) is 5.56. The molecule has 19 heavy (non-hydrogen) atoms. The zero-order valence-corrected chi connectivity index (χ0v) is 11.6. The van der Waals surface area contributed by atoms with Crippen LogP contribution in [0.5, 0.6) is 0 Å². The third kappa shape index (κ3) is 3.89. The molecule has 1 unspecified atom stereocenters. The highest BCUT2D eigenvalue weighted by molar-refractivity contribution is 5.68. The molecule has 6 heteroatoms. The van der Waals surface area contributed by atoms with Crippen LogP contribution in [0.2, 0.25) is 0 Å². The van der Waals surface area contributed by atoms with Crippen LogP contribution in [0.15, 0.2) is 18.6 Å². The highest BCUT2D eigenvalue weighted by Gasteiger charge is 2.28. The van der Waals surface area contributed by atoms with Crippen molar-refractivity contribution < 1.29 is 9.53 Å². The van der Waals surface area contributed by atoms with E-state index in [1.54, 1.807) is 23.5 Å². The largest absolute Gasteiger partial charge is 0.444 e. The molecule has 1 fully saturated rings. The van der Waals surface area contributed by atoms with Gasteiger partial charge in [-0.25, -0.2) is 4.79 Å². The van der Waals surface area contributed by atoms with Gasteiger partial charge in [0.1, 0.15) is 5.60 Å². The Morgan fingerprint density at radius 3 is 2.89 bits per heavy atom. The van der Waals surface area contributed by atoms with Crippen LogP contribution in [0, 0.1) is 0 Å². The van der Waals surface area contributed by atoms with Crippen LogP contribution in [0.4, 0.5) is 4.79 Å². The Labute approximate surface area is 113 Å². The molecule has 1 aromatic rings. The fourth-order valence-electron chi connectivity index (χ4n) is 1.93. The number of carbonyl (C=O) groups is 1. The van der Waals surface area contributed by atoms with E-state index in [0.717, 1.165) is 12.2 Å². The second kappa shape index (κ2) is 5.52. The first-order valence-electron chi connectivity index (χ1n) is 6.43. The number of ether oxygens (including phenoxy) is 1. The van der Waals surface area contributed by atoms with E-state index in [4.69, 9.17) is 4.74 Å². The van der Waals surface area contributed by atoms with E-state index < -0.39 is 5.60 Å². The summed E-state index contributed by atoms with van der Waals surface area (Å²) in [5, 5.41) is 3.33. The van der Waals surface area contributed by atoms with E-state index in [1.165, 1.54) is 0 Å². The van der Waals surface area contributed by atoms with Crippen molar-refractivity contribution in [3.05, 3.63) is 24.3 Å². The van der Waals surface area contributed by atoms with Gasteiger partial charge in [0.2, 0.25) is 0 Å². The van der Waals surface area contributed by atoms with Crippen molar-refractivity contribution in [3.8, 4) is 0 Å². The third-order valence-corrected chi connectivity index (χ3v) is 2.77. The zero-order chi connectivity index (χ0) is 13.9. The van der Waals surface area contributed by atoms with Crippen LogP contribution >= 0.6 is 0 Å². The first-order valence-corrected chi connectivity index (χ1v) is 6.43. The Bertz CT molecular complexity index is 430. The Morgan fingerprint density at radius 2 is 2.26 bits per heavy atom. The molecule has 2 heterocycles. The van der Waals surface area contributed by atoms with E-state index in [0.29, 0.717) is 13.1 Å². The van der Waals surface area contributed by atoms with Crippen LogP contribution in [-0.2, 0) is 4.74 Å². The summed E-state index contributed by atoms with van der Waals surface area (Å²) in [6.45, 7) is 7.52. The van der Waals surface area contributed by atoms with Crippen LogP contribution in [-0.4, -0.2) is 46.2 Å². The van der Waals surface area contributed by atoms with E-state index >= 15 is 0 Å². The summed E-state index contributed by atoms with van der Waals surface area (Å²) in [4.78, 5) is 22.1. The quantitative estimate of drug-likeness (QED) is 0.829. The van der Waals surface area contributed by atoms with Crippen LogP contribution in [0.3, 0.4) is 0 Å². The minimum atomic E-state index is -0.468. The van der Waals surface area contributed by atoms with E-state index in [9.17, 15) is 4.79 Å². The molecular formula is C13H20N4O2. The molecule has 1 aliphatic heterocycles. The summed E-state index contributed by atoms with van der Waals surface area (Å²) in [5.74, 6) is 0. The van der Waals surface area contributed by atoms with E-state index in [1.807, 2.05) is 20.8 Å². The van der Waals surface area contributed by atoms with Crippen LogP contribution in [0.25, 0.3) is 0 Å². The molecule has 104 valence electrons. The van der Waals surface area contributed by atoms with Crippen molar-refractivity contribution in [3.63, 3.8) is 0 Å². The molecule has 1 N–H and O–H groups in total. The van der Waals surface area contributed by atoms with Crippen molar-refractivity contribution in [1.82, 2.24) is 20.2 Å². The summed E-state index contributed by atoms with van der Waals surface area (Å²) in [6.07, 6.45) is 4.74. The van der Waals surface area contributed by atoms with Gasteiger partial charge >= 0.3 is 6.09 Å². The average molecular weight is 264 g/mol. The fourth-order valence-corrected chi connectivity index (χ4v) is 1.93. The number of amides is 1. The molecule has 2 rings (SSSR count). The van der Waals surface area contributed by atoms with E-state index in [-0.39, 0.29) is 12.1 Å². The smallest absolute Gasteiger partial charge is 0.410 e. The van der Waals surface area contributed by atoms with E-state index in [2.05, 4.69) is 15.3 Å². The number of hydrogen-bond acceptors (Lipinski definition) is 5. The Kier molecular flexibility index (Phi) is 3.99. The predicted molar refractivity (Wildman–Crippen MR) is 70.6 cm³/mol. The van der Waals surface area contributed by atoms with Crippen molar-refractivity contribution in [2.45, 2.75) is 32.4 Å². The van der Waals surface area contributed by atoms with Crippen LogP contribution in [0.1, 0.15) is 32.5 Å². The van der Waals surface area contributed by atoms with Crippen molar-refractivity contribution in [1.29, 1.82) is 0 Å². The lowest BCUT2D eigenvalue weighted by atomic mass is 10.1. The average Bonchev–Trinajstić information content (AvgIpc) is 2.38. The second-order valence-corrected chi connectivity index (χ2v) is 5.56. The van der Waals surface area contributed by atoms with Gasteiger partial charge in [-0.3, -0.25) is 9.97 Å². The topological polar surface area (TPSA) is 67.3 Å². The zero-order valence-electron chi connectivity index (χ0n) is 11.6. The van der Waals surface area contributed by atoms with Gasteiger partial charge in [0.05, 0.1) is 17.9 Å². The maximum atomic E-state index is 12.0. The molecular weight excluding hydrogens is 244 g/mol. The molecule has 0 spiro atoms. The summed E-state index contributed by atoms with van der Waals surface area (Å²) < 4.78 is 5.38. The summed E-state index contributed by atoms with van der Waals surface area (Å²) in [5.41, 5.74) is 0.375. The monoisotopic (exact) mass is 264 g/mol. The highest BCUT2D eigenvalue weighted by atomic mass is 16.6. The number of nitrogens with one attached hydrogen (secondary N) is 1. The standard InChI is InChI=1S/C13H20N4O2/c1-13(2,3)19-12(18)17-7-6-16-11(9-17)10-8-14-4-5-15-10/h4-5,8,11,16H,6-7,9H2,1-3H3. The Morgan fingerprint density at radius 1 is 1.47 bits per heavy atom. The molecule has 0 bridgehead atoms. The minimum Gasteiger partial charge on any atom is -0.444 e. The molecule has 0 aromatic carbocycles. The molecule has 1 aromatic heterocycles. The van der Waals surface area contributed by atoms with Gasteiger partial charge in [0.25, 0.3) is 0 Å². The van der Waals surface area contributed by atoms with Gasteiger partial charge in [-0.2, -0.15) is 0 Å². The van der Waals surface area contributed by atoms with Crippen molar-refractivity contribution in [2.75, 3.05) is 19.6 Å². The molecule has 1 amide bonds. The number of aromatic nitrogens is 2. The van der Waals surface area contributed by atoms with Crippen molar-refractivity contribution in [2.24, 2.45) is 0 Å². The lowest BCUT2D eigenvalue weighted by Gasteiger charge is -2.34. The maximum Gasteiger partial charge on any atom is 0.410 e. The minimum absolute atomic E-state index is 0.00923. The number of piperazine rings is 1. The lowest BCUT2D eigenvalue weighted by Crippen LogP contribution is -2.49. The van der Waals surface area contributed by atoms with Gasteiger partial charge < -0.3 is 15.0 Å². The number of hydrogen-bond donors (Lipinski definition) is 1. The summed E-state index contributed by atoms with van der Waals surface area (Å²) in [7, 11) is 0. The molecule has 1 atom stereocenters. The molecule has 0 radical (unpaired) electrons. The third-order valence-electron chi connectivity index (χ3n) is 2.77. The molecule has 0 aliphatic carbocycles. The molecule has 0 saturated carbocycles. The number of carbonyl (C=O) groups excluding carboxylic acids is 1. The first-order chi connectivity index (χ1) is 8.96. The van der Waals surface area contributed by atoms with Gasteiger partial charge in [-0.05, 0) is 20.8 Å². The van der Waals surface area contributed by atoms with Gasteiger partial charge in [-0.15, -0.1) is 0 Å². The first kappa shape index (κ1) is 13.7. The fraction of sp³-hybridized carbons (Fsp3) is 0.615. The lowest BCUT2D eigenvalue weighted by molar-refractivity contribution is 0.0193. The highest BCUT2D eigenvalue weighted by Crippen LogP contribution is 2.17. The SMILES string of the molecule is CC(C)(C)OC(=O)N1CCNC(c2cnccn2)C1. The normalized spacial score (nSPS) is 20.2. The summed E-state index contributed by atoms with van der Waals surface area (Å²) >= 11 is 0. The molecule has 1 saturated heterocycles. The number of nitrogens with zero attached hydrogens (tertiary/aromatic N) is 3. The van der Waals surface area contributed by atoms with Gasteiger partial charge in [0.15, 0.2) is 0 Å². The molecule has 1 aliphatic rings. The molecule has 6 nitrogen and oxygen atoms in total. The van der Waals surface area contributed by atoms with Gasteiger partial charge in [0, 0.05) is 32.0 Å². The summed E-state index contributed by atoms with van der Waals surface area (Å²) in [6, 6.07) is 0.00923. The van der Waals surface area contributed by atoms with Crippen molar-refractivity contribution >= 4 is 6.09 Å². The number of rotatable bonds is 1. The Hall–Kier alpha value is -1.69. The Balaban J connectivity index is 2.00. The predicted octanol–water partition coefficient (Wildman–Crippen LogP) is 1.36. The van der Waals surface area contributed by atoms with Gasteiger partial charge in [-0.1, -0.05) is 0 Å².